The van der Waals surface area contributed by atoms with Crippen LogP contribution in [0.4, 0.5) is 0 Å². The molecule has 0 saturated carbocycles. The van der Waals surface area contributed by atoms with Crippen molar-refractivity contribution in [3.63, 3.8) is 0 Å². The second-order valence-electron chi connectivity index (χ2n) is 5.63. The smallest absolute Gasteiger partial charge is 0.303 e. The zero-order chi connectivity index (χ0) is 17.8. The zero-order valence-electron chi connectivity index (χ0n) is 14.8. The second-order valence-corrected chi connectivity index (χ2v) is 5.63. The Morgan fingerprint density at radius 1 is 0.739 bits per heavy atom. The van der Waals surface area contributed by atoms with E-state index >= 15 is 0 Å². The maximum atomic E-state index is 10.2. The van der Waals surface area contributed by atoms with Crippen molar-refractivity contribution < 1.29 is 25.2 Å². The summed E-state index contributed by atoms with van der Waals surface area (Å²) in [4.78, 5) is 12.0. The summed E-state index contributed by atoms with van der Waals surface area (Å²) in [5, 5.41) is 33.8. The summed E-state index contributed by atoms with van der Waals surface area (Å²) in [6.07, 6.45) is 10.1. The van der Waals surface area contributed by atoms with Gasteiger partial charge in [0.1, 0.15) is 0 Å². The highest BCUT2D eigenvalue weighted by atomic mass is 16.4. The van der Waals surface area contributed by atoms with E-state index in [2.05, 4.69) is 6.92 Å². The fourth-order valence-electron chi connectivity index (χ4n) is 2.17. The van der Waals surface area contributed by atoms with Gasteiger partial charge in [-0.2, -0.15) is 0 Å². The molecule has 0 aliphatic carbocycles. The lowest BCUT2D eigenvalue weighted by atomic mass is 10.1. The van der Waals surface area contributed by atoms with Crippen molar-refractivity contribution in [2.45, 2.75) is 64.7 Å². The third-order valence-corrected chi connectivity index (χ3v) is 3.49. The van der Waals surface area contributed by atoms with Gasteiger partial charge in [0, 0.05) is 26.1 Å². The molecule has 0 saturated heterocycles. The molecule has 6 nitrogen and oxygen atoms in total. The Morgan fingerprint density at radius 3 is 1.48 bits per heavy atom. The first-order valence-corrected chi connectivity index (χ1v) is 8.89. The summed E-state index contributed by atoms with van der Waals surface area (Å²) in [5.74, 6) is -0.661. The van der Waals surface area contributed by atoms with Gasteiger partial charge >= 0.3 is 5.97 Å². The van der Waals surface area contributed by atoms with Gasteiger partial charge in [0.15, 0.2) is 0 Å². The first-order valence-electron chi connectivity index (χ1n) is 8.89. The Labute approximate surface area is 141 Å². The number of carboxylic acid groups (broad SMARTS) is 1. The van der Waals surface area contributed by atoms with Crippen LogP contribution in [0.5, 0.6) is 0 Å². The highest BCUT2D eigenvalue weighted by Crippen LogP contribution is 2.09. The number of aliphatic carboxylic acids is 1. The van der Waals surface area contributed by atoms with Crippen molar-refractivity contribution in [2.75, 3.05) is 39.5 Å². The molecule has 0 aromatic rings. The number of carbonyl (C=O) groups is 1. The minimum absolute atomic E-state index is 0.0694. The first-order chi connectivity index (χ1) is 11.1. The van der Waals surface area contributed by atoms with E-state index < -0.39 is 5.97 Å². The Bertz CT molecular complexity index is 225. The van der Waals surface area contributed by atoms with Crippen molar-refractivity contribution in [1.29, 1.82) is 0 Å². The van der Waals surface area contributed by atoms with Crippen LogP contribution in [-0.2, 0) is 4.79 Å². The number of unbranched alkanes of at least 4 members (excludes halogenated alkanes) is 7. The lowest BCUT2D eigenvalue weighted by Gasteiger charge is -2.17. The van der Waals surface area contributed by atoms with Crippen LogP contribution in [0.15, 0.2) is 0 Å². The van der Waals surface area contributed by atoms with Gasteiger partial charge in [0.25, 0.3) is 0 Å². The van der Waals surface area contributed by atoms with Crippen LogP contribution in [0.1, 0.15) is 64.7 Å². The lowest BCUT2D eigenvalue weighted by molar-refractivity contribution is -0.137. The molecule has 0 aromatic carbocycles. The molecule has 0 aliphatic rings. The van der Waals surface area contributed by atoms with Crippen LogP contribution in [-0.4, -0.2) is 70.8 Å². The van der Waals surface area contributed by atoms with Crippen molar-refractivity contribution >= 4 is 5.97 Å². The summed E-state index contributed by atoms with van der Waals surface area (Å²) >= 11 is 0. The molecular formula is C17H37NO5. The van der Waals surface area contributed by atoms with Crippen LogP contribution in [0.25, 0.3) is 0 Å². The molecule has 6 heteroatoms. The topological polar surface area (TPSA) is 101 Å². The molecule has 23 heavy (non-hydrogen) atoms. The third-order valence-electron chi connectivity index (χ3n) is 3.49. The van der Waals surface area contributed by atoms with E-state index in [4.69, 9.17) is 20.4 Å². The van der Waals surface area contributed by atoms with E-state index in [0.29, 0.717) is 26.1 Å². The third kappa shape index (κ3) is 23.7. The van der Waals surface area contributed by atoms with Crippen LogP contribution < -0.4 is 0 Å². The van der Waals surface area contributed by atoms with Crippen LogP contribution in [0.2, 0.25) is 0 Å². The van der Waals surface area contributed by atoms with E-state index in [0.717, 1.165) is 12.8 Å². The van der Waals surface area contributed by atoms with E-state index in [1.165, 1.54) is 38.5 Å². The molecule has 0 aromatic heterocycles. The zero-order valence-corrected chi connectivity index (χ0v) is 14.8. The molecule has 0 fully saturated rings. The number of hydrogen-bond acceptors (Lipinski definition) is 5. The monoisotopic (exact) mass is 335 g/mol. The minimum atomic E-state index is -0.661. The normalized spacial score (nSPS) is 10.5. The van der Waals surface area contributed by atoms with Crippen molar-refractivity contribution in [3.8, 4) is 0 Å². The highest BCUT2D eigenvalue weighted by molar-refractivity contribution is 5.66. The molecule has 0 spiro atoms. The fourth-order valence-corrected chi connectivity index (χ4v) is 2.17. The van der Waals surface area contributed by atoms with E-state index in [-0.39, 0.29) is 19.8 Å². The van der Waals surface area contributed by atoms with E-state index in [9.17, 15) is 4.79 Å². The lowest BCUT2D eigenvalue weighted by Crippen LogP contribution is -2.32. The highest BCUT2D eigenvalue weighted by Gasteiger charge is 2.00. The van der Waals surface area contributed by atoms with Crippen molar-refractivity contribution in [2.24, 2.45) is 0 Å². The Kier molecular flexibility index (Phi) is 22.8. The summed E-state index contributed by atoms with van der Waals surface area (Å²) in [6.45, 7) is 3.97. The molecule has 0 unspecified atom stereocenters. The number of carboxylic acids is 1. The second kappa shape index (κ2) is 21.3. The van der Waals surface area contributed by atoms with Crippen LogP contribution in [0.3, 0.4) is 0 Å². The summed E-state index contributed by atoms with van der Waals surface area (Å²) in [5.41, 5.74) is 0. The molecule has 0 aliphatic heterocycles. The number of rotatable bonds is 15. The number of aliphatic hydroxyl groups excluding tert-OH is 3. The molecular weight excluding hydrogens is 298 g/mol. The van der Waals surface area contributed by atoms with Gasteiger partial charge in [-0.3, -0.25) is 9.69 Å². The maximum absolute atomic E-state index is 10.2. The molecule has 0 radical (unpaired) electrons. The van der Waals surface area contributed by atoms with Gasteiger partial charge in [-0.25, -0.2) is 0 Å². The van der Waals surface area contributed by atoms with Crippen LogP contribution in [0, 0.1) is 0 Å². The average molecular weight is 335 g/mol. The predicted octanol–water partition coefficient (Wildman–Crippen LogP) is 1.87. The van der Waals surface area contributed by atoms with Crippen molar-refractivity contribution in [1.82, 2.24) is 4.90 Å². The average Bonchev–Trinajstić information content (AvgIpc) is 2.51. The Hall–Kier alpha value is -0.690. The number of aliphatic hydroxyl groups is 3. The quantitative estimate of drug-likeness (QED) is 0.341. The van der Waals surface area contributed by atoms with Gasteiger partial charge in [-0.05, 0) is 6.42 Å². The molecule has 0 atom stereocenters. The van der Waals surface area contributed by atoms with Gasteiger partial charge < -0.3 is 20.4 Å². The summed E-state index contributed by atoms with van der Waals surface area (Å²) < 4.78 is 0. The van der Waals surface area contributed by atoms with E-state index in [1.54, 1.807) is 4.90 Å². The summed E-state index contributed by atoms with van der Waals surface area (Å²) in [7, 11) is 0. The Morgan fingerprint density at radius 2 is 1.13 bits per heavy atom. The molecule has 4 N–H and O–H groups in total. The van der Waals surface area contributed by atoms with Crippen LogP contribution >= 0.6 is 0 Å². The number of nitrogens with zero attached hydrogens (tertiary/aromatic N) is 1. The van der Waals surface area contributed by atoms with Gasteiger partial charge in [0.2, 0.25) is 0 Å². The van der Waals surface area contributed by atoms with E-state index in [1.807, 2.05) is 0 Å². The molecule has 140 valence electrons. The molecule has 0 heterocycles. The van der Waals surface area contributed by atoms with Gasteiger partial charge in [-0.15, -0.1) is 0 Å². The Balaban J connectivity index is 0. The number of hydrogen-bond donors (Lipinski definition) is 4. The van der Waals surface area contributed by atoms with Crippen molar-refractivity contribution in [3.05, 3.63) is 0 Å². The molecule has 0 amide bonds. The maximum Gasteiger partial charge on any atom is 0.303 e. The summed E-state index contributed by atoms with van der Waals surface area (Å²) in [6, 6.07) is 0. The molecule has 0 bridgehead atoms. The first kappa shape index (κ1) is 24.6. The van der Waals surface area contributed by atoms with Gasteiger partial charge in [0.05, 0.1) is 19.8 Å². The minimum Gasteiger partial charge on any atom is -0.481 e. The SMILES string of the molecule is CCCCCCCCCCC(=O)O.OCCN(CCO)CCO. The van der Waals surface area contributed by atoms with Gasteiger partial charge in [-0.1, -0.05) is 51.9 Å². The predicted molar refractivity (Wildman–Crippen MR) is 92.6 cm³/mol. The largest absolute Gasteiger partial charge is 0.481 e. The fraction of sp³-hybridized carbons (Fsp3) is 0.941. The standard InChI is InChI=1S/C11H22O2.C6H15NO3/c1-2-3-4-5-6-7-8-9-10-11(12)13;8-4-1-7(2-5-9)3-6-10/h2-10H2,1H3,(H,12,13);8-10H,1-6H2. The molecule has 0 rings (SSSR count).